The lowest BCUT2D eigenvalue weighted by Gasteiger charge is -2.29. The van der Waals surface area contributed by atoms with Crippen molar-refractivity contribution < 1.29 is 9.47 Å². The van der Waals surface area contributed by atoms with Gasteiger partial charge in [-0.2, -0.15) is 5.26 Å². The van der Waals surface area contributed by atoms with Gasteiger partial charge in [-0.05, 0) is 75.2 Å². The van der Waals surface area contributed by atoms with E-state index >= 15 is 0 Å². The Kier molecular flexibility index (Phi) is 6.81. The molecule has 0 atom stereocenters. The van der Waals surface area contributed by atoms with Gasteiger partial charge in [0.1, 0.15) is 23.0 Å². The highest BCUT2D eigenvalue weighted by atomic mass is 16.5. The van der Waals surface area contributed by atoms with Gasteiger partial charge in [0.2, 0.25) is 0 Å². The second kappa shape index (κ2) is 9.22. The van der Waals surface area contributed by atoms with Crippen molar-refractivity contribution in [2.24, 2.45) is 0 Å². The fourth-order valence-electron chi connectivity index (χ4n) is 3.60. The van der Waals surface area contributed by atoms with Crippen LogP contribution >= 0.6 is 0 Å². The first-order valence-electron chi connectivity index (χ1n) is 11.1. The van der Waals surface area contributed by atoms with Crippen LogP contribution in [0.25, 0.3) is 21.9 Å². The van der Waals surface area contributed by atoms with Crippen LogP contribution in [0.4, 0.5) is 5.69 Å². The van der Waals surface area contributed by atoms with Gasteiger partial charge < -0.3 is 14.4 Å². The summed E-state index contributed by atoms with van der Waals surface area (Å²) in [4.78, 5) is 2.09. The Morgan fingerprint density at radius 2 is 1.59 bits per heavy atom. The molecule has 0 N–H and O–H groups in total. The average Bonchev–Trinajstić information content (AvgIpc) is 2.71. The van der Waals surface area contributed by atoms with Crippen molar-refractivity contribution in [2.45, 2.75) is 52.2 Å². The van der Waals surface area contributed by atoms with Crippen LogP contribution in [0.15, 0.2) is 54.6 Å². The molecule has 0 aliphatic rings. The van der Waals surface area contributed by atoms with E-state index in [9.17, 15) is 5.26 Å². The zero-order valence-corrected chi connectivity index (χ0v) is 20.3. The topological polar surface area (TPSA) is 45.5 Å². The van der Waals surface area contributed by atoms with Crippen molar-refractivity contribution in [3.63, 3.8) is 0 Å². The number of ether oxygens (including phenoxy) is 2. The maximum Gasteiger partial charge on any atom is 0.138 e. The number of benzene rings is 3. The van der Waals surface area contributed by atoms with Crippen LogP contribution in [0, 0.1) is 11.3 Å². The summed E-state index contributed by atoms with van der Waals surface area (Å²) in [5.74, 6) is 0.605. The van der Waals surface area contributed by atoms with Gasteiger partial charge in [0.25, 0.3) is 0 Å². The highest BCUT2D eigenvalue weighted by molar-refractivity contribution is 5.90. The third-order valence-electron chi connectivity index (χ3n) is 5.41. The van der Waals surface area contributed by atoms with E-state index in [2.05, 4.69) is 47.4 Å². The Morgan fingerprint density at radius 1 is 0.906 bits per heavy atom. The molecule has 0 fully saturated rings. The smallest absolute Gasteiger partial charge is 0.138 e. The minimum absolute atomic E-state index is 0.183. The van der Waals surface area contributed by atoms with Crippen molar-refractivity contribution in [1.82, 2.24) is 0 Å². The van der Waals surface area contributed by atoms with Gasteiger partial charge in [0, 0.05) is 31.8 Å². The molecule has 3 rings (SSSR count). The second-order valence-corrected chi connectivity index (χ2v) is 10.0. The number of rotatable bonds is 7. The molecule has 0 amide bonds. The van der Waals surface area contributed by atoms with Gasteiger partial charge in [0.15, 0.2) is 0 Å². The summed E-state index contributed by atoms with van der Waals surface area (Å²) in [5.41, 5.74) is 2.97. The standard InChI is InChI=1S/C28H34N2O2/c1-27(2,3)31-16-15-28(4,5)32-26-10-8-9-24(25(26)19-29)22-12-11-21-18-23(30(6)7)14-13-20(21)17-22/h8-14,17-18H,15-16H2,1-7H3. The second-order valence-electron chi connectivity index (χ2n) is 10.0. The molecular formula is C28H34N2O2. The Bertz CT molecular complexity index is 1130. The lowest BCUT2D eigenvalue weighted by atomic mass is 9.96. The lowest BCUT2D eigenvalue weighted by molar-refractivity contribution is -0.0293. The molecule has 0 aliphatic heterocycles. The van der Waals surface area contributed by atoms with E-state index in [1.807, 2.05) is 66.9 Å². The number of hydrogen-bond donors (Lipinski definition) is 0. The molecule has 3 aromatic rings. The summed E-state index contributed by atoms with van der Waals surface area (Å²) >= 11 is 0. The molecule has 4 nitrogen and oxygen atoms in total. The molecule has 0 unspecified atom stereocenters. The average molecular weight is 431 g/mol. The predicted octanol–water partition coefficient (Wildman–Crippen LogP) is 6.81. The summed E-state index contributed by atoms with van der Waals surface area (Å²) in [6.07, 6.45) is 0.726. The number of fused-ring (bicyclic) bond motifs is 1. The fourth-order valence-corrected chi connectivity index (χ4v) is 3.60. The number of nitriles is 1. The molecular weight excluding hydrogens is 396 g/mol. The van der Waals surface area contributed by atoms with Crippen LogP contribution in [-0.4, -0.2) is 31.9 Å². The van der Waals surface area contributed by atoms with Crippen molar-refractivity contribution in [3.05, 3.63) is 60.2 Å². The molecule has 32 heavy (non-hydrogen) atoms. The van der Waals surface area contributed by atoms with E-state index in [1.54, 1.807) is 0 Å². The van der Waals surface area contributed by atoms with Crippen LogP contribution in [0.2, 0.25) is 0 Å². The maximum absolute atomic E-state index is 9.99. The van der Waals surface area contributed by atoms with Gasteiger partial charge >= 0.3 is 0 Å². The number of hydrogen-bond acceptors (Lipinski definition) is 4. The zero-order chi connectivity index (χ0) is 23.5. The van der Waals surface area contributed by atoms with Gasteiger partial charge in [-0.1, -0.05) is 30.3 Å². The van der Waals surface area contributed by atoms with Gasteiger partial charge in [-0.15, -0.1) is 0 Å². The Labute approximate surface area is 192 Å². The molecule has 0 aliphatic carbocycles. The molecule has 168 valence electrons. The van der Waals surface area contributed by atoms with E-state index in [0.717, 1.165) is 28.6 Å². The SMILES string of the molecule is CN(C)c1ccc2cc(-c3cccc(OC(C)(C)CCOC(C)(C)C)c3C#N)ccc2c1. The molecule has 0 spiro atoms. The minimum Gasteiger partial charge on any atom is -0.486 e. The molecule has 0 bridgehead atoms. The largest absolute Gasteiger partial charge is 0.486 e. The first-order valence-corrected chi connectivity index (χ1v) is 11.1. The van der Waals surface area contributed by atoms with Crippen LogP contribution in [-0.2, 0) is 4.74 Å². The quantitative estimate of drug-likeness (QED) is 0.413. The van der Waals surface area contributed by atoms with Crippen molar-refractivity contribution in [1.29, 1.82) is 5.26 Å². The minimum atomic E-state index is -0.457. The molecule has 0 radical (unpaired) electrons. The molecule has 4 heteroatoms. The van der Waals surface area contributed by atoms with Crippen LogP contribution in [0.5, 0.6) is 5.75 Å². The zero-order valence-electron chi connectivity index (χ0n) is 20.3. The third kappa shape index (κ3) is 5.81. The van der Waals surface area contributed by atoms with Crippen LogP contribution < -0.4 is 9.64 Å². The van der Waals surface area contributed by atoms with Gasteiger partial charge in [-0.25, -0.2) is 0 Å². The fraction of sp³-hybridized carbons (Fsp3) is 0.393. The van der Waals surface area contributed by atoms with E-state index in [0.29, 0.717) is 17.9 Å². The van der Waals surface area contributed by atoms with E-state index in [-0.39, 0.29) is 5.60 Å². The third-order valence-corrected chi connectivity index (χ3v) is 5.41. The van der Waals surface area contributed by atoms with Crippen LogP contribution in [0.1, 0.15) is 46.6 Å². The molecule has 0 aromatic heterocycles. The predicted molar refractivity (Wildman–Crippen MR) is 133 cm³/mol. The monoisotopic (exact) mass is 430 g/mol. The summed E-state index contributed by atoms with van der Waals surface area (Å²) < 4.78 is 12.2. The normalized spacial score (nSPS) is 11.9. The van der Waals surface area contributed by atoms with Gasteiger partial charge in [0.05, 0.1) is 12.2 Å². The van der Waals surface area contributed by atoms with E-state index in [1.165, 1.54) is 5.39 Å². The van der Waals surface area contributed by atoms with Crippen molar-refractivity contribution in [2.75, 3.05) is 25.6 Å². The number of anilines is 1. The van der Waals surface area contributed by atoms with E-state index < -0.39 is 5.60 Å². The summed E-state index contributed by atoms with van der Waals surface area (Å²) in [6, 6.07) is 20.9. The molecule has 0 heterocycles. The summed E-state index contributed by atoms with van der Waals surface area (Å²) in [6.45, 7) is 10.8. The summed E-state index contributed by atoms with van der Waals surface area (Å²) in [5, 5.41) is 12.3. The first kappa shape index (κ1) is 23.6. The highest BCUT2D eigenvalue weighted by Gasteiger charge is 2.24. The first-order chi connectivity index (χ1) is 15.0. The molecule has 0 saturated carbocycles. The Balaban J connectivity index is 1.90. The van der Waals surface area contributed by atoms with E-state index in [4.69, 9.17) is 9.47 Å². The summed E-state index contributed by atoms with van der Waals surface area (Å²) in [7, 11) is 4.08. The molecule has 0 saturated heterocycles. The number of nitrogens with zero attached hydrogens (tertiary/aromatic N) is 2. The highest BCUT2D eigenvalue weighted by Crippen LogP contribution is 2.34. The van der Waals surface area contributed by atoms with Gasteiger partial charge in [-0.3, -0.25) is 0 Å². The Hall–Kier alpha value is -3.03. The van der Waals surface area contributed by atoms with Crippen LogP contribution in [0.3, 0.4) is 0 Å². The Morgan fingerprint density at radius 3 is 2.25 bits per heavy atom. The van der Waals surface area contributed by atoms with Crippen molar-refractivity contribution in [3.8, 4) is 22.9 Å². The molecule has 3 aromatic carbocycles. The van der Waals surface area contributed by atoms with Crippen molar-refractivity contribution >= 4 is 16.5 Å². The lowest BCUT2D eigenvalue weighted by Crippen LogP contribution is -2.32. The maximum atomic E-state index is 9.99.